The Morgan fingerprint density at radius 2 is 1.95 bits per heavy atom. The summed E-state index contributed by atoms with van der Waals surface area (Å²) < 4.78 is 5.06. The minimum Gasteiger partial charge on any atom is -0.495 e. The Balaban J connectivity index is 2.01. The average Bonchev–Trinajstić information content (AvgIpc) is 2.47. The second-order valence-corrected chi connectivity index (χ2v) is 4.77. The van der Waals surface area contributed by atoms with Crippen LogP contribution >= 0.6 is 11.6 Å². The molecule has 5 heteroatoms. The molecule has 0 aromatic heterocycles. The molecule has 2 aromatic carbocycles. The van der Waals surface area contributed by atoms with Crippen LogP contribution < -0.4 is 15.8 Å². The van der Waals surface area contributed by atoms with Crippen molar-refractivity contribution in [3.05, 3.63) is 59.1 Å². The van der Waals surface area contributed by atoms with Crippen LogP contribution in [0.3, 0.4) is 0 Å². The molecule has 0 saturated heterocycles. The van der Waals surface area contributed by atoms with E-state index in [9.17, 15) is 4.79 Å². The maximum atomic E-state index is 11.8. The van der Waals surface area contributed by atoms with Crippen LogP contribution in [0.1, 0.15) is 5.56 Å². The van der Waals surface area contributed by atoms with Gasteiger partial charge in [0.15, 0.2) is 0 Å². The first kappa shape index (κ1) is 14.9. The van der Waals surface area contributed by atoms with Crippen molar-refractivity contribution in [1.29, 1.82) is 0 Å². The van der Waals surface area contributed by atoms with Crippen LogP contribution in [0.5, 0.6) is 5.75 Å². The van der Waals surface area contributed by atoms with Gasteiger partial charge in [0.1, 0.15) is 5.75 Å². The largest absolute Gasteiger partial charge is 0.495 e. The molecule has 0 aliphatic heterocycles. The molecule has 0 fully saturated rings. The Morgan fingerprint density at radius 3 is 2.57 bits per heavy atom. The fourth-order valence-corrected chi connectivity index (χ4v) is 1.87. The molecule has 0 radical (unpaired) electrons. The average molecular weight is 303 g/mol. The van der Waals surface area contributed by atoms with Gasteiger partial charge in [0.25, 0.3) is 0 Å². The van der Waals surface area contributed by atoms with Gasteiger partial charge in [0, 0.05) is 16.8 Å². The molecule has 0 aliphatic carbocycles. The van der Waals surface area contributed by atoms with Crippen molar-refractivity contribution < 1.29 is 9.53 Å². The number of carbonyl (C=O) groups excluding carboxylic acids is 1. The molecule has 1 amide bonds. The van der Waals surface area contributed by atoms with Gasteiger partial charge in [-0.3, -0.25) is 4.79 Å². The smallest absolute Gasteiger partial charge is 0.248 e. The monoisotopic (exact) mass is 302 g/mol. The van der Waals surface area contributed by atoms with Gasteiger partial charge in [-0.05, 0) is 42.0 Å². The van der Waals surface area contributed by atoms with Crippen molar-refractivity contribution in [2.45, 2.75) is 0 Å². The van der Waals surface area contributed by atoms with Gasteiger partial charge in [-0.2, -0.15) is 0 Å². The van der Waals surface area contributed by atoms with Crippen LogP contribution in [0.15, 0.2) is 48.5 Å². The van der Waals surface area contributed by atoms with Crippen molar-refractivity contribution in [3.63, 3.8) is 0 Å². The number of halogens is 1. The van der Waals surface area contributed by atoms with E-state index in [1.165, 1.54) is 6.08 Å². The molecule has 0 unspecified atom stereocenters. The van der Waals surface area contributed by atoms with Crippen LogP contribution in [0.4, 0.5) is 11.4 Å². The van der Waals surface area contributed by atoms with E-state index < -0.39 is 0 Å². The third kappa shape index (κ3) is 4.26. The zero-order valence-corrected chi connectivity index (χ0v) is 12.2. The summed E-state index contributed by atoms with van der Waals surface area (Å²) in [7, 11) is 1.54. The lowest BCUT2D eigenvalue weighted by Crippen LogP contribution is -2.08. The van der Waals surface area contributed by atoms with Gasteiger partial charge in [-0.1, -0.05) is 23.7 Å². The lowest BCUT2D eigenvalue weighted by atomic mass is 10.2. The highest BCUT2D eigenvalue weighted by atomic mass is 35.5. The first-order valence-electron chi connectivity index (χ1n) is 6.26. The van der Waals surface area contributed by atoms with Crippen molar-refractivity contribution in [3.8, 4) is 5.75 Å². The van der Waals surface area contributed by atoms with E-state index in [1.54, 1.807) is 43.5 Å². The van der Waals surface area contributed by atoms with Crippen LogP contribution in [-0.2, 0) is 4.79 Å². The minimum absolute atomic E-state index is 0.241. The highest BCUT2D eigenvalue weighted by Gasteiger charge is 2.02. The quantitative estimate of drug-likeness (QED) is 0.670. The molecular weight excluding hydrogens is 288 g/mol. The van der Waals surface area contributed by atoms with E-state index in [4.69, 9.17) is 22.1 Å². The van der Waals surface area contributed by atoms with Crippen LogP contribution in [0.2, 0.25) is 5.02 Å². The number of hydrogen-bond donors (Lipinski definition) is 2. The van der Waals surface area contributed by atoms with Gasteiger partial charge in [-0.25, -0.2) is 0 Å². The second kappa shape index (κ2) is 6.81. The number of nitrogens with two attached hydrogens (primary N) is 1. The predicted molar refractivity (Wildman–Crippen MR) is 86.5 cm³/mol. The van der Waals surface area contributed by atoms with Gasteiger partial charge in [-0.15, -0.1) is 0 Å². The molecular formula is C16H15ClN2O2. The van der Waals surface area contributed by atoms with Crippen molar-refractivity contribution in [1.82, 2.24) is 0 Å². The van der Waals surface area contributed by atoms with Gasteiger partial charge in [0.2, 0.25) is 5.91 Å². The lowest BCUT2D eigenvalue weighted by molar-refractivity contribution is -0.111. The fourth-order valence-electron chi connectivity index (χ4n) is 1.74. The van der Waals surface area contributed by atoms with E-state index in [0.29, 0.717) is 22.1 Å². The molecule has 0 aliphatic rings. The number of nitrogen functional groups attached to an aromatic ring is 1. The molecule has 0 bridgehead atoms. The minimum atomic E-state index is -0.241. The summed E-state index contributed by atoms with van der Waals surface area (Å²) in [4.78, 5) is 11.8. The molecule has 2 rings (SSSR count). The van der Waals surface area contributed by atoms with E-state index in [0.717, 1.165) is 5.56 Å². The molecule has 108 valence electrons. The van der Waals surface area contributed by atoms with E-state index >= 15 is 0 Å². The Kier molecular flexibility index (Phi) is 4.85. The summed E-state index contributed by atoms with van der Waals surface area (Å²) in [6, 6.07) is 12.3. The number of hydrogen-bond acceptors (Lipinski definition) is 3. The summed E-state index contributed by atoms with van der Waals surface area (Å²) in [5.41, 5.74) is 7.75. The molecule has 3 N–H and O–H groups in total. The summed E-state index contributed by atoms with van der Waals surface area (Å²) in [6.07, 6.45) is 3.15. The lowest BCUT2D eigenvalue weighted by Gasteiger charge is -2.07. The third-order valence-corrected chi connectivity index (χ3v) is 3.05. The van der Waals surface area contributed by atoms with Crippen molar-refractivity contribution in [2.24, 2.45) is 0 Å². The number of ether oxygens (including phenoxy) is 1. The normalized spacial score (nSPS) is 10.6. The van der Waals surface area contributed by atoms with Crippen LogP contribution in [-0.4, -0.2) is 13.0 Å². The van der Waals surface area contributed by atoms with Gasteiger partial charge in [0.05, 0.1) is 12.8 Å². The first-order chi connectivity index (χ1) is 10.1. The van der Waals surface area contributed by atoms with Crippen molar-refractivity contribution in [2.75, 3.05) is 18.2 Å². The summed E-state index contributed by atoms with van der Waals surface area (Å²) in [6.45, 7) is 0. The molecule has 4 nitrogen and oxygen atoms in total. The van der Waals surface area contributed by atoms with Crippen LogP contribution in [0.25, 0.3) is 6.08 Å². The highest BCUT2D eigenvalue weighted by molar-refractivity contribution is 6.30. The zero-order chi connectivity index (χ0) is 15.2. The zero-order valence-electron chi connectivity index (χ0n) is 11.5. The predicted octanol–water partition coefficient (Wildman–Crippen LogP) is 3.58. The number of rotatable bonds is 4. The summed E-state index contributed by atoms with van der Waals surface area (Å²) in [5, 5.41) is 3.39. The number of amides is 1. The van der Waals surface area contributed by atoms with Gasteiger partial charge < -0.3 is 15.8 Å². The maximum absolute atomic E-state index is 11.8. The Bertz CT molecular complexity index is 666. The van der Waals surface area contributed by atoms with E-state index in [-0.39, 0.29) is 5.91 Å². The summed E-state index contributed by atoms with van der Waals surface area (Å²) >= 11 is 5.80. The molecule has 2 aromatic rings. The molecule has 0 atom stereocenters. The maximum Gasteiger partial charge on any atom is 0.248 e. The number of anilines is 2. The molecule has 0 spiro atoms. The van der Waals surface area contributed by atoms with E-state index in [1.807, 2.05) is 12.1 Å². The number of nitrogens with one attached hydrogen (secondary N) is 1. The van der Waals surface area contributed by atoms with Gasteiger partial charge >= 0.3 is 0 Å². The Morgan fingerprint density at radius 1 is 1.24 bits per heavy atom. The second-order valence-electron chi connectivity index (χ2n) is 4.33. The molecule has 21 heavy (non-hydrogen) atoms. The number of methoxy groups -OCH3 is 1. The Hall–Kier alpha value is -2.46. The first-order valence-corrected chi connectivity index (χ1v) is 6.64. The van der Waals surface area contributed by atoms with Crippen LogP contribution in [0, 0.1) is 0 Å². The summed E-state index contributed by atoms with van der Waals surface area (Å²) in [5.74, 6) is 0.333. The molecule has 0 heterocycles. The SMILES string of the molecule is COc1ccc(NC(=O)/C=C/c2ccc(Cl)cc2)cc1N. The number of carbonyl (C=O) groups is 1. The number of benzene rings is 2. The molecule has 0 saturated carbocycles. The third-order valence-electron chi connectivity index (χ3n) is 2.79. The topological polar surface area (TPSA) is 64.3 Å². The highest BCUT2D eigenvalue weighted by Crippen LogP contribution is 2.24. The fraction of sp³-hybridized carbons (Fsp3) is 0.0625. The Labute approximate surface area is 128 Å². The van der Waals surface area contributed by atoms with E-state index in [2.05, 4.69) is 5.32 Å². The van der Waals surface area contributed by atoms with Crippen molar-refractivity contribution >= 4 is 35.0 Å². The standard InChI is InChI=1S/C16H15ClN2O2/c1-21-15-8-7-13(10-14(15)18)19-16(20)9-4-11-2-5-12(17)6-3-11/h2-10H,18H2,1H3,(H,19,20)/b9-4+.